The van der Waals surface area contributed by atoms with Crippen LogP contribution in [0.2, 0.25) is 0 Å². The second-order valence-corrected chi connectivity index (χ2v) is 16.0. The summed E-state index contributed by atoms with van der Waals surface area (Å²) in [6, 6.07) is 76.1. The molecule has 0 unspecified atom stereocenters. The first-order valence-corrected chi connectivity index (χ1v) is 20.8. The van der Waals surface area contributed by atoms with E-state index in [0.29, 0.717) is 0 Å². The van der Waals surface area contributed by atoms with Crippen LogP contribution < -0.4 is 4.90 Å². The second kappa shape index (κ2) is 13.2. The third-order valence-corrected chi connectivity index (χ3v) is 12.6. The van der Waals surface area contributed by atoms with Crippen LogP contribution in [-0.2, 0) is 0 Å². The molecule has 2 heterocycles. The quantitative estimate of drug-likeness (QED) is 0.163. The summed E-state index contributed by atoms with van der Waals surface area (Å²) in [6.07, 6.45) is 0. The van der Waals surface area contributed by atoms with E-state index in [1.54, 1.807) is 0 Å². The normalized spacial score (nSPS) is 11.9. The lowest BCUT2D eigenvalue weighted by molar-refractivity contribution is 0.669. The Kier molecular flexibility index (Phi) is 7.31. The van der Waals surface area contributed by atoms with E-state index in [0.717, 1.165) is 83.0 Å². The number of benzene rings is 11. The molecule has 0 saturated carbocycles. The Morgan fingerprint density at radius 1 is 0.279 bits per heavy atom. The van der Waals surface area contributed by atoms with Crippen molar-refractivity contribution in [3.05, 3.63) is 212 Å². The molecule has 0 spiro atoms. The molecular weight excluding hydrogens is 743 g/mol. The highest BCUT2D eigenvalue weighted by atomic mass is 16.3. The number of anilines is 3. The van der Waals surface area contributed by atoms with Crippen LogP contribution in [-0.4, -0.2) is 0 Å². The highest BCUT2D eigenvalue weighted by Gasteiger charge is 2.23. The van der Waals surface area contributed by atoms with Gasteiger partial charge in [0.05, 0.1) is 5.69 Å². The largest absolute Gasteiger partial charge is 0.455 e. The predicted octanol–water partition coefficient (Wildman–Crippen LogP) is 16.9. The zero-order valence-corrected chi connectivity index (χ0v) is 33.0. The van der Waals surface area contributed by atoms with E-state index in [4.69, 9.17) is 8.83 Å². The minimum atomic E-state index is 0.842. The first-order valence-electron chi connectivity index (χ1n) is 20.8. The molecule has 0 aliphatic heterocycles. The van der Waals surface area contributed by atoms with Crippen LogP contribution in [0.5, 0.6) is 0 Å². The number of para-hydroxylation sites is 2. The Morgan fingerprint density at radius 3 is 1.61 bits per heavy atom. The highest BCUT2D eigenvalue weighted by Crippen LogP contribution is 2.47. The van der Waals surface area contributed by atoms with Gasteiger partial charge in [0.15, 0.2) is 5.58 Å². The Balaban J connectivity index is 1.05. The summed E-state index contributed by atoms with van der Waals surface area (Å²) in [5.41, 5.74) is 11.0. The van der Waals surface area contributed by atoms with E-state index in [-0.39, 0.29) is 0 Å². The van der Waals surface area contributed by atoms with Crippen molar-refractivity contribution < 1.29 is 8.83 Å². The van der Waals surface area contributed by atoms with Gasteiger partial charge in [-0.3, -0.25) is 0 Å². The van der Waals surface area contributed by atoms with Gasteiger partial charge in [0, 0.05) is 38.5 Å². The molecule has 0 aliphatic carbocycles. The lowest BCUT2D eigenvalue weighted by atomic mass is 9.90. The topological polar surface area (TPSA) is 29.5 Å². The van der Waals surface area contributed by atoms with Crippen LogP contribution in [0.25, 0.3) is 109 Å². The molecule has 0 radical (unpaired) electrons. The Morgan fingerprint density at radius 2 is 0.836 bits per heavy atom. The lowest BCUT2D eigenvalue weighted by Crippen LogP contribution is -2.10. The number of hydrogen-bond acceptors (Lipinski definition) is 3. The molecule has 0 atom stereocenters. The molecule has 0 saturated heterocycles. The van der Waals surface area contributed by atoms with Crippen molar-refractivity contribution in [3.8, 4) is 22.3 Å². The summed E-state index contributed by atoms with van der Waals surface area (Å²) in [5, 5.41) is 14.2. The molecule has 0 amide bonds. The van der Waals surface area contributed by atoms with Gasteiger partial charge >= 0.3 is 0 Å². The number of hydrogen-bond donors (Lipinski definition) is 0. The molecular formula is C58H35NO2. The van der Waals surface area contributed by atoms with Crippen LogP contribution in [0.15, 0.2) is 221 Å². The summed E-state index contributed by atoms with van der Waals surface area (Å²) >= 11 is 0. The van der Waals surface area contributed by atoms with Gasteiger partial charge in [-0.05, 0) is 114 Å². The van der Waals surface area contributed by atoms with Crippen LogP contribution in [0.1, 0.15) is 0 Å². The molecule has 13 aromatic rings. The van der Waals surface area contributed by atoms with Crippen LogP contribution in [0.3, 0.4) is 0 Å². The maximum atomic E-state index is 7.00. The average Bonchev–Trinajstić information content (AvgIpc) is 3.90. The lowest BCUT2D eigenvalue weighted by Gasteiger charge is -2.26. The van der Waals surface area contributed by atoms with Gasteiger partial charge in [0.1, 0.15) is 16.7 Å². The van der Waals surface area contributed by atoms with Crippen LogP contribution in [0, 0.1) is 0 Å². The minimum absolute atomic E-state index is 0.842. The van der Waals surface area contributed by atoms with E-state index in [2.05, 4.69) is 205 Å². The molecule has 3 heteroatoms. The van der Waals surface area contributed by atoms with Gasteiger partial charge in [0.25, 0.3) is 0 Å². The van der Waals surface area contributed by atoms with E-state index < -0.39 is 0 Å². The van der Waals surface area contributed by atoms with E-state index >= 15 is 0 Å². The Hall–Kier alpha value is -8.14. The first kappa shape index (κ1) is 33.8. The van der Waals surface area contributed by atoms with E-state index in [1.165, 1.54) is 43.3 Å². The summed E-state index contributed by atoms with van der Waals surface area (Å²) < 4.78 is 13.7. The van der Waals surface area contributed by atoms with Crippen molar-refractivity contribution in [2.24, 2.45) is 0 Å². The summed E-state index contributed by atoms with van der Waals surface area (Å²) in [7, 11) is 0. The van der Waals surface area contributed by atoms with Crippen molar-refractivity contribution >= 4 is 104 Å². The van der Waals surface area contributed by atoms with Gasteiger partial charge in [-0.1, -0.05) is 158 Å². The molecule has 0 bridgehead atoms. The smallest absolute Gasteiger partial charge is 0.159 e. The summed E-state index contributed by atoms with van der Waals surface area (Å²) in [6.45, 7) is 0. The zero-order chi connectivity index (χ0) is 40.0. The second-order valence-electron chi connectivity index (χ2n) is 16.0. The predicted molar refractivity (Wildman–Crippen MR) is 257 cm³/mol. The maximum absolute atomic E-state index is 7.00. The molecule has 0 fully saturated rings. The summed E-state index contributed by atoms with van der Waals surface area (Å²) in [5.74, 6) is 0. The number of rotatable bonds is 5. The maximum Gasteiger partial charge on any atom is 0.159 e. The van der Waals surface area contributed by atoms with Crippen molar-refractivity contribution in [1.82, 2.24) is 0 Å². The summed E-state index contributed by atoms with van der Waals surface area (Å²) in [4.78, 5) is 2.32. The molecule has 11 aromatic carbocycles. The van der Waals surface area contributed by atoms with Crippen molar-refractivity contribution in [2.75, 3.05) is 4.90 Å². The van der Waals surface area contributed by atoms with Gasteiger partial charge in [-0.2, -0.15) is 0 Å². The molecule has 0 aliphatic rings. The fourth-order valence-electron chi connectivity index (χ4n) is 9.82. The van der Waals surface area contributed by atoms with E-state index in [1.807, 2.05) is 12.1 Å². The minimum Gasteiger partial charge on any atom is -0.455 e. The molecule has 61 heavy (non-hydrogen) atoms. The third-order valence-electron chi connectivity index (χ3n) is 12.6. The van der Waals surface area contributed by atoms with Crippen LogP contribution >= 0.6 is 0 Å². The standard InChI is InChI=1S/C58H35NO2/c1-2-13-36(14-3-1)37-25-28-40(29-26-37)59(53-23-12-22-49-48-21-10-11-24-54(48)60-57(49)53)41-30-32-55-51(35-41)52-33-38-15-4-5-16-42(38)56(58(52)61-55)39-27-31-47-45-19-7-6-17-43(45)44-18-8-9-20-46(44)50(47)34-39/h1-35H. The van der Waals surface area contributed by atoms with Crippen LogP contribution in [0.4, 0.5) is 17.1 Å². The monoisotopic (exact) mass is 777 g/mol. The molecule has 2 aromatic heterocycles. The van der Waals surface area contributed by atoms with Crippen molar-refractivity contribution in [2.45, 2.75) is 0 Å². The highest BCUT2D eigenvalue weighted by molar-refractivity contribution is 6.27. The number of fused-ring (bicyclic) bond motifs is 13. The molecule has 284 valence electrons. The molecule has 13 rings (SSSR count). The SMILES string of the molecule is c1ccc(-c2ccc(N(c3ccc4oc5c(-c6ccc7c8ccccc8c8ccccc8c7c6)c6ccccc6cc5c4c3)c3cccc4c3oc3ccccc34)cc2)cc1. The van der Waals surface area contributed by atoms with E-state index in [9.17, 15) is 0 Å². The van der Waals surface area contributed by atoms with Crippen molar-refractivity contribution in [3.63, 3.8) is 0 Å². The fourth-order valence-corrected chi connectivity index (χ4v) is 9.82. The van der Waals surface area contributed by atoms with Gasteiger partial charge in [-0.25, -0.2) is 0 Å². The Bertz CT molecular complexity index is 3840. The average molecular weight is 778 g/mol. The van der Waals surface area contributed by atoms with Crippen molar-refractivity contribution in [1.29, 1.82) is 0 Å². The third kappa shape index (κ3) is 5.17. The fraction of sp³-hybridized carbons (Fsp3) is 0. The molecule has 0 N–H and O–H groups in total. The van der Waals surface area contributed by atoms with Gasteiger partial charge < -0.3 is 13.7 Å². The molecule has 3 nitrogen and oxygen atoms in total. The Labute approximate surface area is 350 Å². The van der Waals surface area contributed by atoms with Gasteiger partial charge in [0.2, 0.25) is 0 Å². The number of furan rings is 2. The van der Waals surface area contributed by atoms with Gasteiger partial charge in [-0.15, -0.1) is 0 Å². The zero-order valence-electron chi connectivity index (χ0n) is 33.0. The first-order chi connectivity index (χ1) is 30.2. The number of nitrogens with zero attached hydrogens (tertiary/aromatic N) is 1.